The zero-order chi connectivity index (χ0) is 19.8. The fourth-order valence-electron chi connectivity index (χ4n) is 4.62. The first-order chi connectivity index (χ1) is 14.2. The second-order valence-electron chi connectivity index (χ2n) is 8.02. The van der Waals surface area contributed by atoms with Crippen LogP contribution in [0.2, 0.25) is 0 Å². The van der Waals surface area contributed by atoms with Crippen LogP contribution in [0.3, 0.4) is 0 Å². The van der Waals surface area contributed by atoms with E-state index in [1.54, 1.807) is 13.2 Å². The standard InChI is InChI=1S/C24H26N2O3/c1-28-21-7-5-20(6-8-21)26-11-9-25(10-12-26)16-19-15-24(27)29-23-14-18-4-2-3-17(18)13-22(19)23/h5-8,13-15H,2-4,9-12,16H2,1H3. The van der Waals surface area contributed by atoms with Crippen LogP contribution in [0.1, 0.15) is 23.1 Å². The minimum atomic E-state index is -0.248. The molecular formula is C24H26N2O3. The first kappa shape index (κ1) is 18.3. The summed E-state index contributed by atoms with van der Waals surface area (Å²) in [5.41, 5.74) is 5.56. The Morgan fingerprint density at radius 1 is 0.966 bits per heavy atom. The molecule has 2 aromatic carbocycles. The van der Waals surface area contributed by atoms with Gasteiger partial charge >= 0.3 is 5.63 Å². The summed E-state index contributed by atoms with van der Waals surface area (Å²) >= 11 is 0. The van der Waals surface area contributed by atoms with Crippen molar-refractivity contribution in [2.45, 2.75) is 25.8 Å². The van der Waals surface area contributed by atoms with Gasteiger partial charge in [-0.3, -0.25) is 4.90 Å². The molecule has 1 aromatic heterocycles. The fourth-order valence-corrected chi connectivity index (χ4v) is 4.62. The number of nitrogens with zero attached hydrogens (tertiary/aromatic N) is 2. The third-order valence-corrected chi connectivity index (χ3v) is 6.25. The van der Waals surface area contributed by atoms with E-state index in [9.17, 15) is 4.79 Å². The summed E-state index contributed by atoms with van der Waals surface area (Å²) in [5.74, 6) is 0.883. The lowest BCUT2D eigenvalue weighted by molar-refractivity contribution is 0.250. The normalized spacial score (nSPS) is 16.9. The molecule has 1 aliphatic heterocycles. The molecule has 3 aromatic rings. The second kappa shape index (κ2) is 7.56. The Bertz CT molecular complexity index is 1080. The van der Waals surface area contributed by atoms with Crippen LogP contribution in [0, 0.1) is 0 Å². The number of fused-ring (bicyclic) bond motifs is 2. The summed E-state index contributed by atoms with van der Waals surface area (Å²) in [5, 5.41) is 1.10. The minimum Gasteiger partial charge on any atom is -0.497 e. The number of hydrogen-bond donors (Lipinski definition) is 0. The van der Waals surface area contributed by atoms with Crippen LogP contribution in [0.4, 0.5) is 5.69 Å². The van der Waals surface area contributed by atoms with Crippen molar-refractivity contribution in [2.24, 2.45) is 0 Å². The molecule has 2 heterocycles. The molecule has 0 bridgehead atoms. The Hall–Kier alpha value is -2.79. The van der Waals surface area contributed by atoms with Crippen molar-refractivity contribution in [3.63, 3.8) is 0 Å². The Morgan fingerprint density at radius 3 is 2.41 bits per heavy atom. The Balaban J connectivity index is 1.32. The van der Waals surface area contributed by atoms with Gasteiger partial charge in [-0.1, -0.05) is 0 Å². The highest BCUT2D eigenvalue weighted by Gasteiger charge is 2.20. The number of methoxy groups -OCH3 is 1. The molecule has 150 valence electrons. The number of aryl methyl sites for hydroxylation is 2. The third kappa shape index (κ3) is 3.62. The molecule has 1 saturated heterocycles. The van der Waals surface area contributed by atoms with Gasteiger partial charge in [-0.2, -0.15) is 0 Å². The van der Waals surface area contributed by atoms with Gasteiger partial charge < -0.3 is 14.1 Å². The highest BCUT2D eigenvalue weighted by Crippen LogP contribution is 2.29. The van der Waals surface area contributed by atoms with Crippen LogP contribution < -0.4 is 15.3 Å². The van der Waals surface area contributed by atoms with E-state index in [1.807, 2.05) is 12.1 Å². The summed E-state index contributed by atoms with van der Waals surface area (Å²) in [6.45, 7) is 4.68. The lowest BCUT2D eigenvalue weighted by atomic mass is 10.0. The quantitative estimate of drug-likeness (QED) is 0.637. The predicted octanol–water partition coefficient (Wildman–Crippen LogP) is 3.61. The van der Waals surface area contributed by atoms with Crippen LogP contribution in [-0.2, 0) is 19.4 Å². The smallest absolute Gasteiger partial charge is 0.336 e. The van der Waals surface area contributed by atoms with Gasteiger partial charge in [0.15, 0.2) is 0 Å². The number of anilines is 1. The van der Waals surface area contributed by atoms with E-state index in [4.69, 9.17) is 9.15 Å². The van der Waals surface area contributed by atoms with Gasteiger partial charge in [0.2, 0.25) is 0 Å². The van der Waals surface area contributed by atoms with E-state index in [1.165, 1.54) is 23.2 Å². The van der Waals surface area contributed by atoms with Gasteiger partial charge in [0.1, 0.15) is 11.3 Å². The van der Waals surface area contributed by atoms with Gasteiger partial charge in [-0.15, -0.1) is 0 Å². The molecule has 0 saturated carbocycles. The molecule has 2 aliphatic rings. The maximum atomic E-state index is 12.1. The molecule has 29 heavy (non-hydrogen) atoms. The van der Waals surface area contributed by atoms with Crippen LogP contribution in [-0.4, -0.2) is 38.2 Å². The molecule has 5 nitrogen and oxygen atoms in total. The van der Waals surface area contributed by atoms with Gasteiger partial charge in [-0.05, 0) is 72.4 Å². The molecule has 1 aliphatic carbocycles. The molecule has 1 fully saturated rings. The number of piperazine rings is 1. The summed E-state index contributed by atoms with van der Waals surface area (Å²) < 4.78 is 10.8. The van der Waals surface area contributed by atoms with Crippen molar-refractivity contribution in [3.8, 4) is 5.75 Å². The Kier molecular flexibility index (Phi) is 4.76. The molecule has 0 unspecified atom stereocenters. The first-order valence-electron chi connectivity index (χ1n) is 10.4. The molecule has 0 amide bonds. The topological polar surface area (TPSA) is 45.9 Å². The molecule has 5 heteroatoms. The summed E-state index contributed by atoms with van der Waals surface area (Å²) in [6, 6.07) is 14.3. The minimum absolute atomic E-state index is 0.248. The third-order valence-electron chi connectivity index (χ3n) is 6.25. The Morgan fingerprint density at radius 2 is 1.69 bits per heavy atom. The first-order valence-corrected chi connectivity index (χ1v) is 10.4. The zero-order valence-electron chi connectivity index (χ0n) is 16.8. The highest BCUT2D eigenvalue weighted by molar-refractivity contribution is 5.82. The van der Waals surface area contributed by atoms with Crippen molar-refractivity contribution in [1.82, 2.24) is 4.90 Å². The Labute approximate surface area is 170 Å². The maximum Gasteiger partial charge on any atom is 0.336 e. The average molecular weight is 390 g/mol. The van der Waals surface area contributed by atoms with E-state index in [-0.39, 0.29) is 5.63 Å². The van der Waals surface area contributed by atoms with E-state index in [0.29, 0.717) is 0 Å². The molecule has 5 rings (SSSR count). The second-order valence-corrected chi connectivity index (χ2v) is 8.02. The van der Waals surface area contributed by atoms with Gasteiger partial charge in [0.25, 0.3) is 0 Å². The lowest BCUT2D eigenvalue weighted by Gasteiger charge is -2.36. The number of benzene rings is 2. The lowest BCUT2D eigenvalue weighted by Crippen LogP contribution is -2.46. The molecule has 0 atom stereocenters. The molecule has 0 spiro atoms. The molecule has 0 radical (unpaired) electrons. The number of ether oxygens (including phenoxy) is 1. The summed E-state index contributed by atoms with van der Waals surface area (Å²) in [4.78, 5) is 17.0. The van der Waals surface area contributed by atoms with Crippen molar-refractivity contribution >= 4 is 16.7 Å². The van der Waals surface area contributed by atoms with Gasteiger partial charge in [0.05, 0.1) is 7.11 Å². The number of rotatable bonds is 4. The van der Waals surface area contributed by atoms with Crippen molar-refractivity contribution in [1.29, 1.82) is 0 Å². The van der Waals surface area contributed by atoms with Crippen LogP contribution in [0.15, 0.2) is 51.7 Å². The SMILES string of the molecule is COc1ccc(N2CCN(Cc3cc(=O)oc4cc5c(cc34)CCC5)CC2)cc1. The average Bonchev–Trinajstić information content (AvgIpc) is 3.20. The van der Waals surface area contributed by atoms with E-state index in [0.717, 1.165) is 67.8 Å². The highest BCUT2D eigenvalue weighted by atomic mass is 16.5. The van der Waals surface area contributed by atoms with Crippen molar-refractivity contribution < 1.29 is 9.15 Å². The van der Waals surface area contributed by atoms with Crippen molar-refractivity contribution in [2.75, 3.05) is 38.2 Å². The van der Waals surface area contributed by atoms with E-state index in [2.05, 4.69) is 34.1 Å². The van der Waals surface area contributed by atoms with Gasteiger partial charge in [-0.25, -0.2) is 4.79 Å². The van der Waals surface area contributed by atoms with Crippen LogP contribution in [0.5, 0.6) is 5.75 Å². The maximum absolute atomic E-state index is 12.1. The monoisotopic (exact) mass is 390 g/mol. The van der Waals surface area contributed by atoms with E-state index < -0.39 is 0 Å². The molecular weight excluding hydrogens is 364 g/mol. The zero-order valence-corrected chi connectivity index (χ0v) is 16.8. The van der Waals surface area contributed by atoms with Gasteiger partial charge in [0, 0.05) is 49.9 Å². The summed E-state index contributed by atoms with van der Waals surface area (Å²) in [7, 11) is 1.69. The van der Waals surface area contributed by atoms with Crippen molar-refractivity contribution in [3.05, 3.63) is 69.6 Å². The molecule has 0 N–H and O–H groups in total. The predicted molar refractivity (Wildman–Crippen MR) is 115 cm³/mol. The van der Waals surface area contributed by atoms with Crippen LogP contribution >= 0.6 is 0 Å². The van der Waals surface area contributed by atoms with E-state index >= 15 is 0 Å². The van der Waals surface area contributed by atoms with Crippen LogP contribution in [0.25, 0.3) is 11.0 Å². The largest absolute Gasteiger partial charge is 0.497 e. The number of hydrogen-bond acceptors (Lipinski definition) is 5. The summed E-state index contributed by atoms with van der Waals surface area (Å²) in [6.07, 6.45) is 3.41. The fraction of sp³-hybridized carbons (Fsp3) is 0.375.